The smallest absolute Gasteiger partial charge is 0.191 e. The van der Waals surface area contributed by atoms with Gasteiger partial charge in [0.05, 0.1) is 12.6 Å². The van der Waals surface area contributed by atoms with Crippen LogP contribution in [-0.2, 0) is 11.3 Å². The number of guanidine groups is 1. The molecule has 27 heavy (non-hydrogen) atoms. The molecule has 1 aromatic rings. The molecule has 2 N–H and O–H groups in total. The highest BCUT2D eigenvalue weighted by atomic mass is 127. The highest BCUT2D eigenvalue weighted by Crippen LogP contribution is 2.23. The molecule has 1 saturated heterocycles. The second-order valence-electron chi connectivity index (χ2n) is 6.54. The van der Waals surface area contributed by atoms with E-state index >= 15 is 0 Å². The van der Waals surface area contributed by atoms with E-state index < -0.39 is 0 Å². The Balaban J connectivity index is 0.00000364. The summed E-state index contributed by atoms with van der Waals surface area (Å²) in [5.41, 5.74) is 2.29. The van der Waals surface area contributed by atoms with Gasteiger partial charge in [-0.05, 0) is 51.7 Å². The average Bonchev–Trinajstić information content (AvgIpc) is 3.16. The third kappa shape index (κ3) is 8.97. The van der Waals surface area contributed by atoms with E-state index in [9.17, 15) is 0 Å². The van der Waals surface area contributed by atoms with Gasteiger partial charge in [-0.25, -0.2) is 4.99 Å². The number of rotatable bonds is 9. The van der Waals surface area contributed by atoms with E-state index in [1.807, 2.05) is 6.92 Å². The minimum atomic E-state index is 0. The van der Waals surface area contributed by atoms with Crippen LogP contribution in [0.4, 0.5) is 0 Å². The molecule has 1 aromatic carbocycles. The lowest BCUT2D eigenvalue weighted by Gasteiger charge is -2.15. The molecule has 1 atom stereocenters. The van der Waals surface area contributed by atoms with Gasteiger partial charge in [-0.3, -0.25) is 0 Å². The van der Waals surface area contributed by atoms with Gasteiger partial charge < -0.3 is 20.1 Å². The Morgan fingerprint density at radius 2 is 2.22 bits per heavy atom. The Hall–Kier alpha value is -1.28. The molecule has 0 aromatic heterocycles. The van der Waals surface area contributed by atoms with E-state index in [1.54, 1.807) is 0 Å². The molecule has 0 spiro atoms. The quantitative estimate of drug-likeness (QED) is 0.180. The summed E-state index contributed by atoms with van der Waals surface area (Å²) in [5, 5.41) is 6.65. The van der Waals surface area contributed by atoms with Crippen LogP contribution in [0.15, 0.2) is 35.3 Å². The summed E-state index contributed by atoms with van der Waals surface area (Å²) < 4.78 is 11.7. The maximum Gasteiger partial charge on any atom is 0.191 e. The third-order valence-corrected chi connectivity index (χ3v) is 4.26. The standard InChI is InChI=1S/C21H33N3O2.HI/c1-4-6-7-12-23-21(22-5-2)24-15-18-11-10-17(3)14-20(18)26-16-19-9-8-13-25-19;/h4,6,10-11,14,19H,5,7-9,12-13,15-16H2,1-3H3,(H2,22,23,24);1H/b6-4+;. The molecule has 6 heteroatoms. The monoisotopic (exact) mass is 487 g/mol. The number of hydrogen-bond acceptors (Lipinski definition) is 3. The Kier molecular flexibility index (Phi) is 12.2. The Morgan fingerprint density at radius 3 is 2.93 bits per heavy atom. The number of benzene rings is 1. The molecule has 1 heterocycles. The lowest BCUT2D eigenvalue weighted by Crippen LogP contribution is -2.37. The molecule has 1 aliphatic rings. The Morgan fingerprint density at radius 1 is 1.37 bits per heavy atom. The van der Waals surface area contributed by atoms with Crippen molar-refractivity contribution >= 4 is 29.9 Å². The van der Waals surface area contributed by atoms with Gasteiger partial charge in [0.1, 0.15) is 12.4 Å². The van der Waals surface area contributed by atoms with Crippen LogP contribution in [0.2, 0.25) is 0 Å². The summed E-state index contributed by atoms with van der Waals surface area (Å²) in [6.45, 7) is 9.95. The van der Waals surface area contributed by atoms with Crippen molar-refractivity contribution < 1.29 is 9.47 Å². The number of halogens is 1. The molecule has 2 rings (SSSR count). The summed E-state index contributed by atoms with van der Waals surface area (Å²) in [6.07, 6.45) is 7.63. The molecule has 1 unspecified atom stereocenters. The average molecular weight is 487 g/mol. The predicted molar refractivity (Wildman–Crippen MR) is 123 cm³/mol. The van der Waals surface area contributed by atoms with Crippen LogP contribution in [0.1, 0.15) is 44.2 Å². The SMILES string of the molecule is C/C=C/CCNC(=NCc1ccc(C)cc1OCC1CCCO1)NCC.I. The zero-order valence-electron chi connectivity index (χ0n) is 16.8. The van der Waals surface area contributed by atoms with Crippen molar-refractivity contribution in [3.63, 3.8) is 0 Å². The van der Waals surface area contributed by atoms with E-state index in [4.69, 9.17) is 14.5 Å². The van der Waals surface area contributed by atoms with Gasteiger partial charge in [0.15, 0.2) is 5.96 Å². The topological polar surface area (TPSA) is 54.9 Å². The summed E-state index contributed by atoms with van der Waals surface area (Å²) in [6, 6.07) is 6.30. The molecule has 0 bridgehead atoms. The van der Waals surface area contributed by atoms with Crippen LogP contribution in [0.5, 0.6) is 5.75 Å². The van der Waals surface area contributed by atoms with Crippen molar-refractivity contribution in [2.75, 3.05) is 26.3 Å². The molecule has 5 nitrogen and oxygen atoms in total. The fourth-order valence-corrected chi connectivity index (χ4v) is 2.83. The van der Waals surface area contributed by atoms with Crippen LogP contribution in [0, 0.1) is 6.92 Å². The second-order valence-corrected chi connectivity index (χ2v) is 6.54. The summed E-state index contributed by atoms with van der Waals surface area (Å²) in [7, 11) is 0. The second kappa shape index (κ2) is 13.8. The fourth-order valence-electron chi connectivity index (χ4n) is 2.83. The van der Waals surface area contributed by atoms with Crippen molar-refractivity contribution in [3.05, 3.63) is 41.5 Å². The van der Waals surface area contributed by atoms with E-state index in [0.717, 1.165) is 56.2 Å². The molecular weight excluding hydrogens is 453 g/mol. The van der Waals surface area contributed by atoms with Crippen LogP contribution < -0.4 is 15.4 Å². The lowest BCUT2D eigenvalue weighted by molar-refractivity contribution is 0.0676. The van der Waals surface area contributed by atoms with Crippen LogP contribution in [0.3, 0.4) is 0 Å². The summed E-state index contributed by atoms with van der Waals surface area (Å²) in [4.78, 5) is 4.71. The minimum absolute atomic E-state index is 0. The van der Waals surface area contributed by atoms with Crippen LogP contribution in [-0.4, -0.2) is 38.4 Å². The Bertz CT molecular complexity index is 599. The number of aryl methyl sites for hydroxylation is 1. The normalized spacial score (nSPS) is 17.0. The van der Waals surface area contributed by atoms with Gasteiger partial charge in [0.2, 0.25) is 0 Å². The molecule has 0 saturated carbocycles. The molecule has 0 amide bonds. The molecule has 1 aliphatic heterocycles. The van der Waals surface area contributed by atoms with E-state index in [2.05, 4.69) is 54.8 Å². The molecule has 1 fully saturated rings. The predicted octanol–water partition coefficient (Wildman–Crippen LogP) is 4.19. The molecular formula is C21H34IN3O2. The highest BCUT2D eigenvalue weighted by molar-refractivity contribution is 14.0. The van der Waals surface area contributed by atoms with Crippen molar-refractivity contribution in [3.8, 4) is 5.75 Å². The number of ether oxygens (including phenoxy) is 2. The van der Waals surface area contributed by atoms with Gasteiger partial charge in [0.25, 0.3) is 0 Å². The largest absolute Gasteiger partial charge is 0.491 e. The first-order chi connectivity index (χ1) is 12.7. The maximum absolute atomic E-state index is 6.06. The molecule has 152 valence electrons. The maximum atomic E-state index is 6.06. The number of allylic oxidation sites excluding steroid dienone is 1. The molecule has 0 radical (unpaired) electrons. The third-order valence-electron chi connectivity index (χ3n) is 4.26. The van der Waals surface area contributed by atoms with E-state index in [1.165, 1.54) is 5.56 Å². The fraction of sp³-hybridized carbons (Fsp3) is 0.571. The van der Waals surface area contributed by atoms with Crippen molar-refractivity contribution in [1.29, 1.82) is 0 Å². The van der Waals surface area contributed by atoms with Gasteiger partial charge in [0, 0.05) is 25.3 Å². The van der Waals surface area contributed by atoms with E-state index in [-0.39, 0.29) is 30.1 Å². The van der Waals surface area contributed by atoms with Gasteiger partial charge >= 0.3 is 0 Å². The first-order valence-corrected chi connectivity index (χ1v) is 9.70. The minimum Gasteiger partial charge on any atom is -0.491 e. The van der Waals surface area contributed by atoms with Gasteiger partial charge in [-0.1, -0.05) is 24.3 Å². The number of nitrogens with zero attached hydrogens (tertiary/aromatic N) is 1. The van der Waals surface area contributed by atoms with Crippen molar-refractivity contribution in [1.82, 2.24) is 10.6 Å². The first-order valence-electron chi connectivity index (χ1n) is 9.70. The number of nitrogens with one attached hydrogen (secondary N) is 2. The Labute approximate surface area is 181 Å². The van der Waals surface area contributed by atoms with Crippen molar-refractivity contribution in [2.45, 2.75) is 52.7 Å². The van der Waals surface area contributed by atoms with Crippen LogP contribution in [0.25, 0.3) is 0 Å². The van der Waals surface area contributed by atoms with Crippen LogP contribution >= 0.6 is 24.0 Å². The lowest BCUT2D eigenvalue weighted by atomic mass is 10.1. The molecule has 0 aliphatic carbocycles. The zero-order valence-corrected chi connectivity index (χ0v) is 19.1. The summed E-state index contributed by atoms with van der Waals surface area (Å²) in [5.74, 6) is 1.75. The number of hydrogen-bond donors (Lipinski definition) is 2. The van der Waals surface area contributed by atoms with E-state index in [0.29, 0.717) is 13.2 Å². The van der Waals surface area contributed by atoms with Gasteiger partial charge in [-0.15, -0.1) is 24.0 Å². The zero-order chi connectivity index (χ0) is 18.6. The first kappa shape index (κ1) is 23.8. The highest BCUT2D eigenvalue weighted by Gasteiger charge is 2.16. The van der Waals surface area contributed by atoms with Crippen molar-refractivity contribution in [2.24, 2.45) is 4.99 Å². The number of aliphatic imine (C=N–C) groups is 1. The summed E-state index contributed by atoms with van der Waals surface area (Å²) >= 11 is 0. The van der Waals surface area contributed by atoms with Gasteiger partial charge in [-0.2, -0.15) is 0 Å².